The maximum absolute atomic E-state index is 12.0. The monoisotopic (exact) mass is 269 g/mol. The van der Waals surface area contributed by atoms with Crippen molar-refractivity contribution in [3.05, 3.63) is 73.7 Å². The van der Waals surface area contributed by atoms with Gasteiger partial charge in [0.2, 0.25) is 0 Å². The van der Waals surface area contributed by atoms with Crippen LogP contribution in [0.2, 0.25) is 0 Å². The third-order valence-electron chi connectivity index (χ3n) is 3.00. The number of aromatic nitrogens is 1. The Bertz CT molecular complexity index is 755. The number of nitro groups is 1. The van der Waals surface area contributed by atoms with Crippen molar-refractivity contribution in [3.8, 4) is 6.07 Å². The second-order valence-corrected chi connectivity index (χ2v) is 4.32. The lowest BCUT2D eigenvalue weighted by Crippen LogP contribution is -2.24. The number of benzene rings is 1. The molecular weight excluding hydrogens is 258 g/mol. The van der Waals surface area contributed by atoms with Gasteiger partial charge < -0.3 is 4.57 Å². The zero-order chi connectivity index (χ0) is 14.7. The molecule has 6 nitrogen and oxygen atoms in total. The van der Waals surface area contributed by atoms with Crippen LogP contribution in [0.25, 0.3) is 0 Å². The highest BCUT2D eigenvalue weighted by Crippen LogP contribution is 2.13. The lowest BCUT2D eigenvalue weighted by Gasteiger charge is -2.10. The summed E-state index contributed by atoms with van der Waals surface area (Å²) in [5.74, 6) is 0. The van der Waals surface area contributed by atoms with E-state index in [9.17, 15) is 14.9 Å². The highest BCUT2D eigenvalue weighted by atomic mass is 16.6. The minimum atomic E-state index is -0.475. The predicted octanol–water partition coefficient (Wildman–Crippen LogP) is 1.98. The van der Waals surface area contributed by atoms with Gasteiger partial charge in [0.25, 0.3) is 11.2 Å². The van der Waals surface area contributed by atoms with Crippen LogP contribution in [0.15, 0.2) is 41.2 Å². The van der Waals surface area contributed by atoms with Crippen LogP contribution in [0.4, 0.5) is 5.69 Å². The molecule has 0 saturated heterocycles. The van der Waals surface area contributed by atoms with Gasteiger partial charge in [0, 0.05) is 17.8 Å². The largest absolute Gasteiger partial charge is 0.307 e. The average Bonchev–Trinajstić information content (AvgIpc) is 2.44. The molecule has 1 heterocycles. The zero-order valence-electron chi connectivity index (χ0n) is 10.7. The number of hydrogen-bond donors (Lipinski definition) is 0. The van der Waals surface area contributed by atoms with Crippen LogP contribution in [0, 0.1) is 28.4 Å². The van der Waals surface area contributed by atoms with Crippen LogP contribution >= 0.6 is 0 Å². The quantitative estimate of drug-likeness (QED) is 0.629. The Labute approximate surface area is 114 Å². The molecule has 0 aliphatic heterocycles. The number of aryl methyl sites for hydroxylation is 1. The van der Waals surface area contributed by atoms with E-state index in [0.717, 1.165) is 11.3 Å². The first kappa shape index (κ1) is 13.5. The number of nitro benzene ring substituents is 1. The van der Waals surface area contributed by atoms with Crippen LogP contribution < -0.4 is 5.56 Å². The molecule has 0 aliphatic carbocycles. The van der Waals surface area contributed by atoms with E-state index in [1.54, 1.807) is 25.1 Å². The highest BCUT2D eigenvalue weighted by molar-refractivity contribution is 5.34. The lowest BCUT2D eigenvalue weighted by molar-refractivity contribution is -0.384. The minimum Gasteiger partial charge on any atom is -0.307 e. The van der Waals surface area contributed by atoms with Crippen molar-refractivity contribution in [2.75, 3.05) is 0 Å². The molecule has 6 heteroatoms. The molecule has 20 heavy (non-hydrogen) atoms. The Hall–Kier alpha value is -2.94. The molecule has 0 unspecified atom stereocenters. The summed E-state index contributed by atoms with van der Waals surface area (Å²) in [5, 5.41) is 19.4. The van der Waals surface area contributed by atoms with Gasteiger partial charge in [-0.25, -0.2) is 0 Å². The maximum atomic E-state index is 12.0. The Balaban J connectivity index is 2.38. The number of non-ortho nitro benzene ring substituents is 1. The first-order valence-corrected chi connectivity index (χ1v) is 5.87. The van der Waals surface area contributed by atoms with Crippen LogP contribution in [-0.2, 0) is 6.54 Å². The number of nitriles is 1. The average molecular weight is 269 g/mol. The van der Waals surface area contributed by atoms with Crippen molar-refractivity contribution in [3.63, 3.8) is 0 Å². The van der Waals surface area contributed by atoms with Crippen LogP contribution in [0.1, 0.15) is 16.8 Å². The standard InChI is InChI=1S/C14H11N3O3/c1-10-2-5-12(8-15)14(18)16(10)9-11-3-6-13(7-4-11)17(19)20/h2-7H,9H2,1H3. The fraction of sp³-hybridized carbons (Fsp3) is 0.143. The molecule has 0 spiro atoms. The van der Waals surface area contributed by atoms with Gasteiger partial charge in [-0.05, 0) is 24.6 Å². The Kier molecular flexibility index (Phi) is 3.62. The highest BCUT2D eigenvalue weighted by Gasteiger charge is 2.08. The zero-order valence-corrected chi connectivity index (χ0v) is 10.7. The van der Waals surface area contributed by atoms with Gasteiger partial charge in [0.15, 0.2) is 0 Å². The third kappa shape index (κ3) is 2.57. The Morgan fingerprint density at radius 1 is 1.25 bits per heavy atom. The second kappa shape index (κ2) is 5.36. The third-order valence-corrected chi connectivity index (χ3v) is 3.00. The van der Waals surface area contributed by atoms with Gasteiger partial charge >= 0.3 is 0 Å². The number of hydrogen-bond acceptors (Lipinski definition) is 4. The smallest absolute Gasteiger partial charge is 0.269 e. The minimum absolute atomic E-state index is 0.00333. The molecular formula is C14H11N3O3. The van der Waals surface area contributed by atoms with E-state index >= 15 is 0 Å². The molecule has 0 radical (unpaired) electrons. The summed E-state index contributed by atoms with van der Waals surface area (Å²) < 4.78 is 1.47. The molecule has 0 bridgehead atoms. The summed E-state index contributed by atoms with van der Waals surface area (Å²) in [5.41, 5.74) is 1.22. The van der Waals surface area contributed by atoms with E-state index in [0.29, 0.717) is 0 Å². The van der Waals surface area contributed by atoms with Crippen molar-refractivity contribution in [1.82, 2.24) is 4.57 Å². The molecule has 0 N–H and O–H groups in total. The molecule has 1 aromatic heterocycles. The van der Waals surface area contributed by atoms with Crippen molar-refractivity contribution < 1.29 is 4.92 Å². The molecule has 2 rings (SSSR count). The molecule has 0 saturated carbocycles. The fourth-order valence-electron chi connectivity index (χ4n) is 1.86. The van der Waals surface area contributed by atoms with E-state index < -0.39 is 4.92 Å². The summed E-state index contributed by atoms with van der Waals surface area (Å²) >= 11 is 0. The van der Waals surface area contributed by atoms with Crippen molar-refractivity contribution in [1.29, 1.82) is 5.26 Å². The summed E-state index contributed by atoms with van der Waals surface area (Å²) in [6.07, 6.45) is 0. The predicted molar refractivity (Wildman–Crippen MR) is 72.4 cm³/mol. The van der Waals surface area contributed by atoms with E-state index in [4.69, 9.17) is 5.26 Å². The topological polar surface area (TPSA) is 88.9 Å². The van der Waals surface area contributed by atoms with Crippen molar-refractivity contribution >= 4 is 5.69 Å². The molecule has 0 aliphatic rings. The molecule has 0 amide bonds. The lowest BCUT2D eigenvalue weighted by atomic mass is 10.2. The van der Waals surface area contributed by atoms with Gasteiger partial charge in [-0.3, -0.25) is 14.9 Å². The van der Waals surface area contributed by atoms with Crippen LogP contribution in [0.5, 0.6) is 0 Å². The van der Waals surface area contributed by atoms with Gasteiger partial charge in [-0.2, -0.15) is 5.26 Å². The first-order chi connectivity index (χ1) is 9.52. The van der Waals surface area contributed by atoms with Crippen molar-refractivity contribution in [2.45, 2.75) is 13.5 Å². The van der Waals surface area contributed by atoms with Crippen LogP contribution in [-0.4, -0.2) is 9.49 Å². The second-order valence-electron chi connectivity index (χ2n) is 4.32. The summed E-state index contributed by atoms with van der Waals surface area (Å²) in [7, 11) is 0. The summed E-state index contributed by atoms with van der Waals surface area (Å²) in [6, 6.07) is 11.0. The molecule has 2 aromatic rings. The van der Waals surface area contributed by atoms with E-state index in [-0.39, 0.29) is 23.4 Å². The SMILES string of the molecule is Cc1ccc(C#N)c(=O)n1Cc1ccc([N+](=O)[O-])cc1. The number of pyridine rings is 1. The summed E-state index contributed by atoms with van der Waals surface area (Å²) in [6.45, 7) is 2.05. The van der Waals surface area contributed by atoms with Gasteiger partial charge in [-0.15, -0.1) is 0 Å². The fourth-order valence-corrected chi connectivity index (χ4v) is 1.86. The molecule has 100 valence electrons. The number of nitrogens with zero attached hydrogens (tertiary/aromatic N) is 3. The van der Waals surface area contributed by atoms with Gasteiger partial charge in [0.1, 0.15) is 11.6 Å². The normalized spacial score (nSPS) is 10.0. The van der Waals surface area contributed by atoms with Crippen LogP contribution in [0.3, 0.4) is 0 Å². The van der Waals surface area contributed by atoms with E-state index in [1.807, 2.05) is 6.07 Å². The van der Waals surface area contributed by atoms with E-state index in [2.05, 4.69) is 0 Å². The first-order valence-electron chi connectivity index (χ1n) is 5.87. The van der Waals surface area contributed by atoms with Gasteiger partial charge in [0.05, 0.1) is 11.5 Å². The van der Waals surface area contributed by atoms with Crippen molar-refractivity contribution in [2.24, 2.45) is 0 Å². The Morgan fingerprint density at radius 2 is 1.90 bits per heavy atom. The van der Waals surface area contributed by atoms with Gasteiger partial charge in [-0.1, -0.05) is 12.1 Å². The Morgan fingerprint density at radius 3 is 2.45 bits per heavy atom. The maximum Gasteiger partial charge on any atom is 0.269 e. The molecule has 1 aromatic carbocycles. The number of rotatable bonds is 3. The summed E-state index contributed by atoms with van der Waals surface area (Å²) in [4.78, 5) is 22.1. The van der Waals surface area contributed by atoms with E-state index in [1.165, 1.54) is 22.8 Å². The molecule has 0 atom stereocenters. The molecule has 0 fully saturated rings.